The quantitative estimate of drug-likeness (QED) is 0.617. The summed E-state index contributed by atoms with van der Waals surface area (Å²) in [6, 6.07) is 13.1. The Kier molecular flexibility index (Phi) is 5.81. The second-order valence-electron chi connectivity index (χ2n) is 6.41. The van der Waals surface area contributed by atoms with Gasteiger partial charge in [-0.15, -0.1) is 5.10 Å². The number of benzene rings is 2. The van der Waals surface area contributed by atoms with Crippen molar-refractivity contribution >= 4 is 15.9 Å². The Hall–Kier alpha value is -3.11. The second-order valence-corrected chi connectivity index (χ2v) is 8.12. The first kappa shape index (κ1) is 19.6. The predicted octanol–water partition coefficient (Wildman–Crippen LogP) is 1.28. The van der Waals surface area contributed by atoms with Crippen molar-refractivity contribution in [3.05, 3.63) is 66.0 Å². The van der Waals surface area contributed by atoms with Gasteiger partial charge in [-0.1, -0.05) is 12.1 Å². The van der Waals surface area contributed by atoms with Gasteiger partial charge in [-0.2, -0.15) is 0 Å². The van der Waals surface area contributed by atoms with Gasteiger partial charge in [0.15, 0.2) is 0 Å². The van der Waals surface area contributed by atoms with E-state index in [4.69, 9.17) is 0 Å². The molecule has 28 heavy (non-hydrogen) atoms. The van der Waals surface area contributed by atoms with Crippen molar-refractivity contribution in [2.45, 2.75) is 31.3 Å². The zero-order chi connectivity index (χ0) is 20.1. The van der Waals surface area contributed by atoms with Crippen LogP contribution in [0.4, 0.5) is 0 Å². The molecule has 0 fully saturated rings. The van der Waals surface area contributed by atoms with Crippen molar-refractivity contribution in [2.24, 2.45) is 0 Å². The number of tetrazole rings is 1. The van der Waals surface area contributed by atoms with Gasteiger partial charge >= 0.3 is 0 Å². The summed E-state index contributed by atoms with van der Waals surface area (Å²) < 4.78 is 28.6. The van der Waals surface area contributed by atoms with E-state index in [1.165, 1.54) is 17.1 Å². The molecule has 0 aliphatic rings. The largest absolute Gasteiger partial charge is 0.348 e. The van der Waals surface area contributed by atoms with Crippen LogP contribution in [-0.4, -0.2) is 40.6 Å². The van der Waals surface area contributed by atoms with Gasteiger partial charge in [0.05, 0.1) is 10.6 Å². The average molecular weight is 400 g/mol. The molecule has 0 aliphatic heterocycles. The third kappa shape index (κ3) is 4.78. The molecule has 3 rings (SSSR count). The highest BCUT2D eigenvalue weighted by atomic mass is 32.2. The molecule has 0 radical (unpaired) electrons. The molecule has 0 atom stereocenters. The molecule has 10 heteroatoms. The number of sulfonamides is 1. The first-order valence-corrected chi connectivity index (χ1v) is 10.1. The van der Waals surface area contributed by atoms with E-state index in [0.29, 0.717) is 11.1 Å². The minimum absolute atomic E-state index is 0.166. The molecule has 9 nitrogen and oxygen atoms in total. The molecule has 1 aromatic heterocycles. The van der Waals surface area contributed by atoms with E-state index in [2.05, 4.69) is 25.6 Å². The lowest BCUT2D eigenvalue weighted by Crippen LogP contribution is -2.30. The number of nitrogens with one attached hydrogen (secondary N) is 2. The van der Waals surface area contributed by atoms with E-state index < -0.39 is 10.0 Å². The Morgan fingerprint density at radius 2 is 1.89 bits per heavy atom. The minimum Gasteiger partial charge on any atom is -0.348 e. The van der Waals surface area contributed by atoms with Gasteiger partial charge in [-0.25, -0.2) is 17.8 Å². The number of hydrogen-bond donors (Lipinski definition) is 2. The first-order valence-electron chi connectivity index (χ1n) is 8.58. The molecule has 0 spiro atoms. The third-order valence-corrected chi connectivity index (χ3v) is 5.45. The van der Waals surface area contributed by atoms with Crippen LogP contribution in [0.1, 0.15) is 29.8 Å². The number of amides is 1. The molecule has 0 saturated heterocycles. The first-order chi connectivity index (χ1) is 13.3. The summed E-state index contributed by atoms with van der Waals surface area (Å²) in [5, 5.41) is 13.7. The number of carbonyl (C=O) groups is 1. The highest BCUT2D eigenvalue weighted by Gasteiger charge is 2.15. The van der Waals surface area contributed by atoms with Crippen molar-refractivity contribution in [3.8, 4) is 5.69 Å². The van der Waals surface area contributed by atoms with Crippen molar-refractivity contribution in [3.63, 3.8) is 0 Å². The van der Waals surface area contributed by atoms with Crippen LogP contribution >= 0.6 is 0 Å². The van der Waals surface area contributed by atoms with Crippen LogP contribution in [0.2, 0.25) is 0 Å². The number of hydrogen-bond acceptors (Lipinski definition) is 6. The molecule has 1 amide bonds. The van der Waals surface area contributed by atoms with Crippen LogP contribution in [0.5, 0.6) is 0 Å². The molecular weight excluding hydrogens is 380 g/mol. The fraction of sp³-hybridized carbons (Fsp3) is 0.222. The maximum atomic E-state index is 12.4. The standard InChI is InChI=1S/C18H20N6O3S/c1-13(2)21-28(26,27)17-5-3-4-14(10-17)11-19-18(25)15-6-8-16(9-7-15)24-12-20-22-23-24/h3-10,12-13,21H,11H2,1-2H3,(H,19,25). The summed E-state index contributed by atoms with van der Waals surface area (Å²) in [7, 11) is -3.58. The van der Waals surface area contributed by atoms with E-state index >= 15 is 0 Å². The highest BCUT2D eigenvalue weighted by Crippen LogP contribution is 2.13. The molecule has 0 unspecified atom stereocenters. The van der Waals surface area contributed by atoms with Gasteiger partial charge in [0.25, 0.3) is 5.91 Å². The van der Waals surface area contributed by atoms with E-state index in [1.54, 1.807) is 56.3 Å². The van der Waals surface area contributed by atoms with Gasteiger partial charge in [0.1, 0.15) is 6.33 Å². The average Bonchev–Trinajstić information content (AvgIpc) is 3.20. The van der Waals surface area contributed by atoms with Crippen LogP contribution in [0.25, 0.3) is 5.69 Å². The van der Waals surface area contributed by atoms with Crippen LogP contribution in [0.3, 0.4) is 0 Å². The summed E-state index contributed by atoms with van der Waals surface area (Å²) in [5.41, 5.74) is 1.89. The topological polar surface area (TPSA) is 119 Å². The smallest absolute Gasteiger partial charge is 0.251 e. The van der Waals surface area contributed by atoms with Gasteiger partial charge in [-0.05, 0) is 66.2 Å². The van der Waals surface area contributed by atoms with Crippen LogP contribution < -0.4 is 10.0 Å². The molecule has 0 aliphatic carbocycles. The molecule has 0 saturated carbocycles. The van der Waals surface area contributed by atoms with Crippen LogP contribution in [0.15, 0.2) is 59.8 Å². The summed E-state index contributed by atoms with van der Waals surface area (Å²) in [5.74, 6) is -0.267. The maximum Gasteiger partial charge on any atom is 0.251 e. The summed E-state index contributed by atoms with van der Waals surface area (Å²) in [6.45, 7) is 3.72. The molecule has 2 aromatic carbocycles. The minimum atomic E-state index is -3.58. The number of nitrogens with zero attached hydrogens (tertiary/aromatic N) is 4. The normalized spacial score (nSPS) is 11.5. The van der Waals surface area contributed by atoms with Crippen LogP contribution in [0, 0.1) is 0 Å². The molecule has 146 valence electrons. The molecule has 2 N–H and O–H groups in total. The lowest BCUT2D eigenvalue weighted by Gasteiger charge is -2.11. The van der Waals surface area contributed by atoms with Crippen molar-refractivity contribution < 1.29 is 13.2 Å². The number of rotatable bonds is 7. The Morgan fingerprint density at radius 3 is 2.54 bits per heavy atom. The number of carbonyl (C=O) groups excluding carboxylic acids is 1. The third-order valence-electron chi connectivity index (χ3n) is 3.80. The summed E-state index contributed by atoms with van der Waals surface area (Å²) in [6.07, 6.45) is 1.46. The van der Waals surface area contributed by atoms with Gasteiger partial charge < -0.3 is 5.32 Å². The van der Waals surface area contributed by atoms with Crippen molar-refractivity contribution in [2.75, 3.05) is 0 Å². The summed E-state index contributed by atoms with van der Waals surface area (Å²) in [4.78, 5) is 12.5. The fourth-order valence-corrected chi connectivity index (χ4v) is 3.85. The van der Waals surface area contributed by atoms with E-state index in [-0.39, 0.29) is 23.4 Å². The lowest BCUT2D eigenvalue weighted by molar-refractivity contribution is 0.0951. The lowest BCUT2D eigenvalue weighted by atomic mass is 10.2. The Balaban J connectivity index is 1.65. The van der Waals surface area contributed by atoms with E-state index in [1.807, 2.05) is 0 Å². The van der Waals surface area contributed by atoms with E-state index in [0.717, 1.165) is 5.69 Å². The monoisotopic (exact) mass is 400 g/mol. The fourth-order valence-electron chi connectivity index (χ4n) is 2.53. The van der Waals surface area contributed by atoms with Gasteiger partial charge in [0.2, 0.25) is 10.0 Å². The highest BCUT2D eigenvalue weighted by molar-refractivity contribution is 7.89. The zero-order valence-corrected chi connectivity index (χ0v) is 16.2. The zero-order valence-electron chi connectivity index (χ0n) is 15.4. The molecule has 1 heterocycles. The van der Waals surface area contributed by atoms with E-state index in [9.17, 15) is 13.2 Å². The van der Waals surface area contributed by atoms with Gasteiger partial charge in [0, 0.05) is 18.2 Å². The second kappa shape index (κ2) is 8.28. The maximum absolute atomic E-state index is 12.4. The van der Waals surface area contributed by atoms with Crippen molar-refractivity contribution in [1.29, 1.82) is 0 Å². The van der Waals surface area contributed by atoms with Crippen molar-refractivity contribution in [1.82, 2.24) is 30.2 Å². The summed E-state index contributed by atoms with van der Waals surface area (Å²) >= 11 is 0. The Bertz CT molecular complexity index is 1050. The molecular formula is C18H20N6O3S. The number of aromatic nitrogens is 4. The Morgan fingerprint density at radius 1 is 1.14 bits per heavy atom. The molecule has 0 bridgehead atoms. The van der Waals surface area contributed by atoms with Gasteiger partial charge in [-0.3, -0.25) is 4.79 Å². The predicted molar refractivity (Wildman–Crippen MR) is 102 cm³/mol. The SMILES string of the molecule is CC(C)NS(=O)(=O)c1cccc(CNC(=O)c2ccc(-n3cnnn3)cc2)c1. The molecule has 3 aromatic rings. The Labute approximate surface area is 162 Å². The van der Waals surface area contributed by atoms with Crippen LogP contribution in [-0.2, 0) is 16.6 Å².